The second-order valence-electron chi connectivity index (χ2n) is 4.15. The van der Waals surface area contributed by atoms with Gasteiger partial charge in [0.05, 0.1) is 5.92 Å². The molecule has 0 aromatic rings. The quantitative estimate of drug-likeness (QED) is 0.490. The van der Waals surface area contributed by atoms with E-state index in [1.165, 1.54) is 12.8 Å². The highest BCUT2D eigenvalue weighted by atomic mass is 16.5. The Labute approximate surface area is 65.9 Å². The summed E-state index contributed by atoms with van der Waals surface area (Å²) in [4.78, 5) is 11.2. The Hall–Kier alpha value is -0.530. The van der Waals surface area contributed by atoms with Crippen molar-refractivity contribution >= 4 is 5.97 Å². The first-order valence-corrected chi connectivity index (χ1v) is 4.55. The summed E-state index contributed by atoms with van der Waals surface area (Å²) < 4.78 is 5.33. The van der Waals surface area contributed by atoms with E-state index >= 15 is 0 Å². The summed E-state index contributed by atoms with van der Waals surface area (Å²) in [6.07, 6.45) is 5.11. The van der Waals surface area contributed by atoms with Crippen molar-refractivity contribution in [2.24, 2.45) is 17.8 Å². The molecule has 3 rings (SSSR count). The van der Waals surface area contributed by atoms with Gasteiger partial charge < -0.3 is 4.74 Å². The molecule has 0 aromatic carbocycles. The lowest BCUT2D eigenvalue weighted by molar-refractivity contribution is -0.157. The van der Waals surface area contributed by atoms with Crippen LogP contribution in [0.1, 0.15) is 25.7 Å². The predicted molar refractivity (Wildman–Crippen MR) is 38.8 cm³/mol. The number of ether oxygens (including phenoxy) is 1. The number of hydrogen-bond acceptors (Lipinski definition) is 2. The van der Waals surface area contributed by atoms with E-state index in [2.05, 4.69) is 0 Å². The Bertz CT molecular complexity index is 212. The Kier molecular flexibility index (Phi) is 0.984. The summed E-state index contributed by atoms with van der Waals surface area (Å²) in [5.41, 5.74) is 0. The summed E-state index contributed by atoms with van der Waals surface area (Å²) >= 11 is 0. The standard InChI is InChI=1S/C9H12O2/c10-9-7-4-6(7)3-5-1-2-8(5)11-9/h5-8H,1-4H2/t5-,6-,7+,8-/m1/s1. The predicted octanol–water partition coefficient (Wildman–Crippen LogP) is 1.35. The summed E-state index contributed by atoms with van der Waals surface area (Å²) in [6.45, 7) is 0. The number of rotatable bonds is 0. The van der Waals surface area contributed by atoms with Gasteiger partial charge in [0, 0.05) is 0 Å². The largest absolute Gasteiger partial charge is 0.462 e. The summed E-state index contributed by atoms with van der Waals surface area (Å²) in [6, 6.07) is 0. The maximum Gasteiger partial charge on any atom is 0.309 e. The fourth-order valence-electron chi connectivity index (χ4n) is 2.39. The van der Waals surface area contributed by atoms with Gasteiger partial charge in [-0.3, -0.25) is 4.79 Å². The lowest BCUT2D eigenvalue weighted by Crippen LogP contribution is -2.34. The third kappa shape index (κ3) is 0.754. The number of carbonyl (C=O) groups is 1. The minimum Gasteiger partial charge on any atom is -0.462 e. The molecule has 2 nitrogen and oxygen atoms in total. The van der Waals surface area contributed by atoms with Crippen LogP contribution in [0.15, 0.2) is 0 Å². The molecule has 2 aliphatic carbocycles. The summed E-state index contributed by atoms with van der Waals surface area (Å²) in [5, 5.41) is 0. The van der Waals surface area contributed by atoms with Crippen LogP contribution in [0, 0.1) is 17.8 Å². The topological polar surface area (TPSA) is 26.3 Å². The van der Waals surface area contributed by atoms with Crippen molar-refractivity contribution in [2.45, 2.75) is 31.8 Å². The first kappa shape index (κ1) is 6.04. The molecule has 11 heavy (non-hydrogen) atoms. The molecule has 3 aliphatic rings. The molecule has 2 saturated carbocycles. The van der Waals surface area contributed by atoms with E-state index in [1.54, 1.807) is 0 Å². The van der Waals surface area contributed by atoms with Crippen LogP contribution >= 0.6 is 0 Å². The second kappa shape index (κ2) is 1.79. The maximum atomic E-state index is 11.2. The molecule has 60 valence electrons. The minimum absolute atomic E-state index is 0.0993. The van der Waals surface area contributed by atoms with Crippen molar-refractivity contribution in [3.63, 3.8) is 0 Å². The van der Waals surface area contributed by atoms with Crippen LogP contribution in [-0.2, 0) is 9.53 Å². The van der Waals surface area contributed by atoms with Gasteiger partial charge in [0.1, 0.15) is 6.10 Å². The molecule has 4 atom stereocenters. The third-order valence-corrected chi connectivity index (χ3v) is 3.45. The zero-order valence-corrected chi connectivity index (χ0v) is 6.45. The molecule has 3 fully saturated rings. The van der Waals surface area contributed by atoms with E-state index in [-0.39, 0.29) is 5.97 Å². The number of hydrogen-bond donors (Lipinski definition) is 0. The number of carbonyl (C=O) groups excluding carboxylic acids is 1. The molecule has 0 bridgehead atoms. The lowest BCUT2D eigenvalue weighted by atomic mass is 9.78. The highest BCUT2D eigenvalue weighted by molar-refractivity contribution is 5.76. The molecule has 1 saturated heterocycles. The molecule has 0 amide bonds. The fourth-order valence-corrected chi connectivity index (χ4v) is 2.39. The Morgan fingerprint density at radius 3 is 2.82 bits per heavy atom. The average molecular weight is 152 g/mol. The third-order valence-electron chi connectivity index (χ3n) is 3.45. The van der Waals surface area contributed by atoms with Gasteiger partial charge in [-0.15, -0.1) is 0 Å². The Morgan fingerprint density at radius 2 is 2.09 bits per heavy atom. The van der Waals surface area contributed by atoms with Gasteiger partial charge in [0.15, 0.2) is 0 Å². The number of fused-ring (bicyclic) bond motifs is 2. The van der Waals surface area contributed by atoms with Gasteiger partial charge >= 0.3 is 5.97 Å². The van der Waals surface area contributed by atoms with Crippen molar-refractivity contribution < 1.29 is 9.53 Å². The van der Waals surface area contributed by atoms with Crippen LogP contribution in [-0.4, -0.2) is 12.1 Å². The molecule has 0 spiro atoms. The van der Waals surface area contributed by atoms with Crippen molar-refractivity contribution in [3.8, 4) is 0 Å². The first-order valence-electron chi connectivity index (χ1n) is 4.55. The van der Waals surface area contributed by atoms with Crippen molar-refractivity contribution in [3.05, 3.63) is 0 Å². The van der Waals surface area contributed by atoms with Crippen molar-refractivity contribution in [2.75, 3.05) is 0 Å². The van der Waals surface area contributed by atoms with E-state index in [9.17, 15) is 4.79 Å². The molecular formula is C9H12O2. The van der Waals surface area contributed by atoms with Crippen LogP contribution in [0.4, 0.5) is 0 Å². The molecule has 2 heteroatoms. The van der Waals surface area contributed by atoms with Crippen LogP contribution in [0.3, 0.4) is 0 Å². The molecule has 0 unspecified atom stereocenters. The highest BCUT2D eigenvalue weighted by Gasteiger charge is 2.52. The van der Waals surface area contributed by atoms with Crippen LogP contribution in [0.25, 0.3) is 0 Å². The molecule has 0 aromatic heterocycles. The Balaban J connectivity index is 1.81. The normalized spacial score (nSPS) is 52.9. The van der Waals surface area contributed by atoms with E-state index in [4.69, 9.17) is 4.74 Å². The molecule has 0 N–H and O–H groups in total. The fraction of sp³-hybridized carbons (Fsp3) is 0.889. The molecular weight excluding hydrogens is 140 g/mol. The van der Waals surface area contributed by atoms with Crippen LogP contribution < -0.4 is 0 Å². The van der Waals surface area contributed by atoms with Crippen LogP contribution in [0.2, 0.25) is 0 Å². The van der Waals surface area contributed by atoms with E-state index in [0.29, 0.717) is 17.9 Å². The Morgan fingerprint density at radius 1 is 1.18 bits per heavy atom. The average Bonchev–Trinajstić information content (AvgIpc) is 2.71. The first-order chi connectivity index (χ1) is 5.34. The molecule has 1 aliphatic heterocycles. The van der Waals surface area contributed by atoms with E-state index < -0.39 is 0 Å². The van der Waals surface area contributed by atoms with Gasteiger partial charge in [-0.05, 0) is 37.5 Å². The smallest absolute Gasteiger partial charge is 0.309 e. The van der Waals surface area contributed by atoms with E-state index in [1.807, 2.05) is 0 Å². The van der Waals surface area contributed by atoms with Gasteiger partial charge in [-0.2, -0.15) is 0 Å². The zero-order valence-electron chi connectivity index (χ0n) is 6.45. The van der Waals surface area contributed by atoms with Crippen molar-refractivity contribution in [1.29, 1.82) is 0 Å². The molecule has 1 heterocycles. The lowest BCUT2D eigenvalue weighted by Gasteiger charge is -2.34. The maximum absolute atomic E-state index is 11.2. The summed E-state index contributed by atoms with van der Waals surface area (Å²) in [7, 11) is 0. The van der Waals surface area contributed by atoms with Gasteiger partial charge in [0.2, 0.25) is 0 Å². The monoisotopic (exact) mass is 152 g/mol. The molecule has 0 radical (unpaired) electrons. The zero-order chi connectivity index (χ0) is 7.42. The minimum atomic E-state index is 0.0993. The van der Waals surface area contributed by atoms with Crippen molar-refractivity contribution in [1.82, 2.24) is 0 Å². The van der Waals surface area contributed by atoms with E-state index in [0.717, 1.165) is 18.8 Å². The van der Waals surface area contributed by atoms with Crippen LogP contribution in [0.5, 0.6) is 0 Å². The van der Waals surface area contributed by atoms with Gasteiger partial charge in [-0.1, -0.05) is 0 Å². The van der Waals surface area contributed by atoms with Gasteiger partial charge in [0.25, 0.3) is 0 Å². The van der Waals surface area contributed by atoms with Gasteiger partial charge in [-0.25, -0.2) is 0 Å². The summed E-state index contributed by atoms with van der Waals surface area (Å²) in [5.74, 6) is 1.84. The highest BCUT2D eigenvalue weighted by Crippen LogP contribution is 2.51. The SMILES string of the molecule is O=C1O[C@@H]2CC[C@@H]2C[C@@H]2C[C@H]12. The second-order valence-corrected chi connectivity index (χ2v) is 4.15. The number of esters is 1.